The third-order valence-corrected chi connectivity index (χ3v) is 4.09. The summed E-state index contributed by atoms with van der Waals surface area (Å²) in [5, 5.41) is 15.0. The highest BCUT2D eigenvalue weighted by molar-refractivity contribution is 14.0. The zero-order valence-corrected chi connectivity index (χ0v) is 18.1. The number of aromatic nitrogens is 3. The van der Waals surface area contributed by atoms with Gasteiger partial charge in [-0.3, -0.25) is 0 Å². The van der Waals surface area contributed by atoms with Crippen LogP contribution in [0.25, 0.3) is 0 Å². The summed E-state index contributed by atoms with van der Waals surface area (Å²) in [7, 11) is 1.97. The number of aliphatic imine (C=N–C) groups is 1. The number of thioether (sulfide) groups is 1. The molecule has 1 aromatic rings. The van der Waals surface area contributed by atoms with Crippen LogP contribution in [0.1, 0.15) is 38.3 Å². The van der Waals surface area contributed by atoms with E-state index in [9.17, 15) is 0 Å². The number of hydrogen-bond acceptors (Lipinski definition) is 4. The maximum absolute atomic E-state index is 4.63. The van der Waals surface area contributed by atoms with Gasteiger partial charge in [0, 0.05) is 20.1 Å². The van der Waals surface area contributed by atoms with Crippen molar-refractivity contribution in [3.05, 3.63) is 11.6 Å². The summed E-state index contributed by atoms with van der Waals surface area (Å²) in [6.07, 6.45) is 4.40. The lowest BCUT2D eigenvalue weighted by Gasteiger charge is -2.13. The van der Waals surface area contributed by atoms with Gasteiger partial charge in [0.2, 0.25) is 0 Å². The summed E-state index contributed by atoms with van der Waals surface area (Å²) in [5.41, 5.74) is 0. The van der Waals surface area contributed by atoms with Crippen molar-refractivity contribution in [2.24, 2.45) is 18.0 Å². The second-order valence-electron chi connectivity index (χ2n) is 5.77. The number of hydrogen-bond donors (Lipinski definition) is 2. The lowest BCUT2D eigenvalue weighted by atomic mass is 10.1. The first-order valence-corrected chi connectivity index (χ1v) is 9.30. The molecule has 0 spiro atoms. The minimum absolute atomic E-state index is 0. The predicted molar refractivity (Wildman–Crippen MR) is 111 cm³/mol. The van der Waals surface area contributed by atoms with Gasteiger partial charge in [0.1, 0.15) is 12.4 Å². The summed E-state index contributed by atoms with van der Waals surface area (Å²) >= 11 is 1.87. The molecule has 1 aromatic heterocycles. The highest BCUT2D eigenvalue weighted by Gasteiger charge is 2.05. The van der Waals surface area contributed by atoms with Crippen molar-refractivity contribution < 1.29 is 0 Å². The molecule has 8 heteroatoms. The average Bonchev–Trinajstić information content (AvgIpc) is 2.79. The first-order valence-electron chi connectivity index (χ1n) is 7.90. The van der Waals surface area contributed by atoms with Crippen molar-refractivity contribution in [2.45, 2.75) is 40.2 Å². The van der Waals surface area contributed by atoms with Crippen LogP contribution in [-0.4, -0.2) is 45.8 Å². The fourth-order valence-corrected chi connectivity index (χ4v) is 2.25. The molecule has 0 aliphatic rings. The van der Waals surface area contributed by atoms with Gasteiger partial charge in [-0.2, -0.15) is 11.8 Å². The van der Waals surface area contributed by atoms with Gasteiger partial charge in [-0.25, -0.2) is 4.99 Å². The normalized spacial score (nSPS) is 11.5. The number of nitrogens with zero attached hydrogens (tertiary/aromatic N) is 4. The van der Waals surface area contributed by atoms with Gasteiger partial charge in [-0.05, 0) is 37.7 Å². The quantitative estimate of drug-likeness (QED) is 0.260. The van der Waals surface area contributed by atoms with Crippen LogP contribution in [0.15, 0.2) is 4.99 Å². The molecule has 6 nitrogen and oxygen atoms in total. The molecule has 1 rings (SSSR count). The number of aryl methyl sites for hydroxylation is 1. The predicted octanol–water partition coefficient (Wildman–Crippen LogP) is 2.58. The van der Waals surface area contributed by atoms with Crippen molar-refractivity contribution in [1.29, 1.82) is 0 Å². The fourth-order valence-electron chi connectivity index (χ4n) is 1.82. The summed E-state index contributed by atoms with van der Waals surface area (Å²) in [5.74, 6) is 4.50. The third-order valence-electron chi connectivity index (χ3n) is 3.39. The average molecular weight is 454 g/mol. The van der Waals surface area contributed by atoms with Gasteiger partial charge in [-0.15, -0.1) is 34.2 Å². The van der Waals surface area contributed by atoms with Gasteiger partial charge in [0.25, 0.3) is 0 Å². The van der Waals surface area contributed by atoms with Gasteiger partial charge in [0.05, 0.1) is 0 Å². The molecule has 0 saturated heterocycles. The monoisotopic (exact) mass is 454 g/mol. The molecule has 23 heavy (non-hydrogen) atoms. The maximum atomic E-state index is 4.63. The van der Waals surface area contributed by atoms with Crippen LogP contribution in [0.5, 0.6) is 0 Å². The van der Waals surface area contributed by atoms with E-state index in [0.29, 0.717) is 12.5 Å². The number of guanidine groups is 1. The number of halogens is 1. The fraction of sp³-hybridized carbons (Fsp3) is 0.800. The molecule has 0 unspecified atom stereocenters. The molecular weight excluding hydrogens is 423 g/mol. The van der Waals surface area contributed by atoms with E-state index < -0.39 is 0 Å². The molecule has 2 N–H and O–H groups in total. The van der Waals surface area contributed by atoms with E-state index in [1.165, 1.54) is 0 Å². The highest BCUT2D eigenvalue weighted by atomic mass is 127. The number of nitrogens with one attached hydrogen (secondary N) is 2. The Labute approximate surface area is 161 Å². The Morgan fingerprint density at radius 3 is 2.52 bits per heavy atom. The lowest BCUT2D eigenvalue weighted by molar-refractivity contribution is 0.572. The van der Waals surface area contributed by atoms with Crippen LogP contribution < -0.4 is 10.6 Å². The van der Waals surface area contributed by atoms with E-state index >= 15 is 0 Å². The van der Waals surface area contributed by atoms with E-state index in [1.807, 2.05) is 30.3 Å². The standard InChI is InChI=1S/C15H30N6S.HI/c1-12(2)7-9-17-15(16-8-6-10-22-5)18-11-14-20-19-13(3)21(14)4;/h12H,6-11H2,1-5H3,(H2,16,17,18);1H. The second-order valence-corrected chi connectivity index (χ2v) is 6.76. The summed E-state index contributed by atoms with van der Waals surface area (Å²) < 4.78 is 1.98. The van der Waals surface area contributed by atoms with E-state index in [-0.39, 0.29) is 24.0 Å². The Balaban J connectivity index is 0.00000484. The van der Waals surface area contributed by atoms with E-state index in [1.54, 1.807) is 0 Å². The summed E-state index contributed by atoms with van der Waals surface area (Å²) in [4.78, 5) is 4.63. The minimum Gasteiger partial charge on any atom is -0.356 e. The van der Waals surface area contributed by atoms with Crippen LogP contribution >= 0.6 is 35.7 Å². The van der Waals surface area contributed by atoms with Crippen LogP contribution in [-0.2, 0) is 13.6 Å². The van der Waals surface area contributed by atoms with E-state index in [0.717, 1.165) is 49.3 Å². The molecule has 0 fully saturated rings. The zero-order valence-electron chi connectivity index (χ0n) is 14.9. The molecular formula is C15H31IN6S. The van der Waals surface area contributed by atoms with Crippen LogP contribution in [0.2, 0.25) is 0 Å². The molecule has 1 heterocycles. The van der Waals surface area contributed by atoms with Crippen LogP contribution in [0.3, 0.4) is 0 Å². The Kier molecular flexibility index (Phi) is 12.6. The molecule has 0 aromatic carbocycles. The third kappa shape index (κ3) is 9.39. The smallest absolute Gasteiger partial charge is 0.191 e. The highest BCUT2D eigenvalue weighted by Crippen LogP contribution is 2.00. The van der Waals surface area contributed by atoms with E-state index in [2.05, 4.69) is 45.9 Å². The SMILES string of the molecule is CSCCCNC(=NCc1nnc(C)n1C)NCCC(C)C.I. The van der Waals surface area contributed by atoms with Crippen LogP contribution in [0.4, 0.5) is 0 Å². The summed E-state index contributed by atoms with van der Waals surface area (Å²) in [6.45, 7) is 8.81. The molecule has 0 aliphatic heterocycles. The first-order chi connectivity index (χ1) is 10.5. The molecule has 0 radical (unpaired) electrons. The van der Waals surface area contributed by atoms with Crippen LogP contribution in [0, 0.1) is 12.8 Å². The van der Waals surface area contributed by atoms with Crippen molar-refractivity contribution in [1.82, 2.24) is 25.4 Å². The van der Waals surface area contributed by atoms with Crippen molar-refractivity contribution in [2.75, 3.05) is 25.1 Å². The Hall–Kier alpha value is -0.510. The Morgan fingerprint density at radius 1 is 1.26 bits per heavy atom. The van der Waals surface area contributed by atoms with Crippen molar-refractivity contribution >= 4 is 41.7 Å². The van der Waals surface area contributed by atoms with Gasteiger partial charge >= 0.3 is 0 Å². The van der Waals surface area contributed by atoms with Gasteiger partial charge in [0.15, 0.2) is 11.8 Å². The molecule has 0 saturated carbocycles. The number of rotatable bonds is 9. The Bertz CT molecular complexity index is 461. The lowest BCUT2D eigenvalue weighted by Crippen LogP contribution is -2.39. The summed E-state index contributed by atoms with van der Waals surface area (Å²) in [6, 6.07) is 0. The zero-order chi connectivity index (χ0) is 16.4. The Morgan fingerprint density at radius 2 is 1.96 bits per heavy atom. The maximum Gasteiger partial charge on any atom is 0.191 e. The van der Waals surface area contributed by atoms with Gasteiger partial charge in [-0.1, -0.05) is 13.8 Å². The topological polar surface area (TPSA) is 67.1 Å². The molecule has 0 amide bonds. The van der Waals surface area contributed by atoms with Crippen molar-refractivity contribution in [3.8, 4) is 0 Å². The minimum atomic E-state index is 0. The van der Waals surface area contributed by atoms with Crippen molar-refractivity contribution in [3.63, 3.8) is 0 Å². The largest absolute Gasteiger partial charge is 0.356 e. The molecule has 0 bridgehead atoms. The molecule has 134 valence electrons. The second kappa shape index (κ2) is 12.9. The molecule has 0 atom stereocenters. The first kappa shape index (κ1) is 22.5. The van der Waals surface area contributed by atoms with E-state index in [4.69, 9.17) is 0 Å². The molecule has 0 aliphatic carbocycles. The van der Waals surface area contributed by atoms with Gasteiger partial charge < -0.3 is 15.2 Å².